The van der Waals surface area contributed by atoms with Crippen molar-refractivity contribution >= 4 is 11.8 Å². The van der Waals surface area contributed by atoms with Crippen molar-refractivity contribution in [3.05, 3.63) is 65.2 Å². The summed E-state index contributed by atoms with van der Waals surface area (Å²) in [5, 5.41) is 0. The first-order valence-corrected chi connectivity index (χ1v) is 11.4. The first-order chi connectivity index (χ1) is 15.1. The third-order valence-corrected chi connectivity index (χ3v) is 6.65. The summed E-state index contributed by atoms with van der Waals surface area (Å²) in [5.41, 5.74) is 2.92. The number of rotatable bonds is 5. The average molecular weight is 421 g/mol. The monoisotopic (exact) mass is 420 g/mol. The van der Waals surface area contributed by atoms with Gasteiger partial charge in [0.2, 0.25) is 5.91 Å². The molecule has 5 heteroatoms. The van der Waals surface area contributed by atoms with Crippen molar-refractivity contribution in [2.24, 2.45) is 0 Å². The number of nitrogens with zero attached hydrogens (tertiary/aromatic N) is 2. The predicted octanol–water partition coefficient (Wildman–Crippen LogP) is 4.64. The second-order valence-corrected chi connectivity index (χ2v) is 8.76. The molecule has 31 heavy (non-hydrogen) atoms. The zero-order valence-electron chi connectivity index (χ0n) is 18.5. The van der Waals surface area contributed by atoms with Gasteiger partial charge in [0.25, 0.3) is 5.91 Å². The largest absolute Gasteiger partial charge is 0.496 e. The minimum absolute atomic E-state index is 0.000304. The molecule has 1 atom stereocenters. The maximum Gasteiger partial charge on any atom is 0.250 e. The van der Waals surface area contributed by atoms with Crippen LogP contribution in [0.15, 0.2) is 48.5 Å². The van der Waals surface area contributed by atoms with Crippen molar-refractivity contribution in [2.45, 2.75) is 64.1 Å². The van der Waals surface area contributed by atoms with Gasteiger partial charge in [0.05, 0.1) is 13.7 Å². The average Bonchev–Trinajstić information content (AvgIpc) is 3.07. The van der Waals surface area contributed by atoms with E-state index in [4.69, 9.17) is 4.74 Å². The van der Waals surface area contributed by atoms with Crippen LogP contribution >= 0.6 is 0 Å². The fourth-order valence-electron chi connectivity index (χ4n) is 4.90. The minimum atomic E-state index is -0.602. The maximum atomic E-state index is 13.8. The Hall–Kier alpha value is -2.82. The van der Waals surface area contributed by atoms with E-state index in [-0.39, 0.29) is 24.4 Å². The summed E-state index contributed by atoms with van der Waals surface area (Å²) in [6.07, 6.45) is 6.67. The molecule has 2 aromatic rings. The van der Waals surface area contributed by atoms with Gasteiger partial charge in [-0.3, -0.25) is 9.59 Å². The van der Waals surface area contributed by atoms with Gasteiger partial charge in [0.15, 0.2) is 0 Å². The van der Waals surface area contributed by atoms with Gasteiger partial charge in [0, 0.05) is 11.6 Å². The molecule has 1 saturated carbocycles. The molecule has 4 rings (SSSR count). The molecule has 1 aliphatic heterocycles. The van der Waals surface area contributed by atoms with Crippen LogP contribution < -0.4 is 4.74 Å². The number of carbonyl (C=O) groups excluding carboxylic acids is 2. The van der Waals surface area contributed by atoms with Crippen LogP contribution in [0.25, 0.3) is 0 Å². The lowest BCUT2D eigenvalue weighted by atomic mass is 9.96. The second kappa shape index (κ2) is 9.54. The molecule has 2 amide bonds. The Balaban J connectivity index is 1.68. The Morgan fingerprint density at radius 1 is 0.935 bits per heavy atom. The van der Waals surface area contributed by atoms with Crippen LogP contribution in [0.1, 0.15) is 61.3 Å². The first kappa shape index (κ1) is 21.4. The molecule has 0 spiro atoms. The molecule has 1 saturated heterocycles. The van der Waals surface area contributed by atoms with Gasteiger partial charge in [-0.05, 0) is 31.4 Å². The number of para-hydroxylation sites is 1. The molecule has 0 aromatic heterocycles. The van der Waals surface area contributed by atoms with E-state index in [2.05, 4.69) is 0 Å². The zero-order chi connectivity index (χ0) is 21.8. The summed E-state index contributed by atoms with van der Waals surface area (Å²) in [6.45, 7) is 2.55. The van der Waals surface area contributed by atoms with Crippen molar-refractivity contribution in [1.29, 1.82) is 0 Å². The number of methoxy groups -OCH3 is 1. The standard InChI is InChI=1S/C26H32N2O3/c1-19-13-15-20(16-14-19)25-26(30)27(22-10-5-3-4-6-11-22)18-24(29)28(25)17-21-9-7-8-12-23(21)31-2/h7-9,12-16,22,25H,3-6,10-11,17-18H2,1-2H3/t25-/m1/s1. The lowest BCUT2D eigenvalue weighted by molar-refractivity contribution is -0.159. The van der Waals surface area contributed by atoms with Gasteiger partial charge in [-0.15, -0.1) is 0 Å². The van der Waals surface area contributed by atoms with Gasteiger partial charge in [-0.25, -0.2) is 0 Å². The summed E-state index contributed by atoms with van der Waals surface area (Å²) < 4.78 is 5.50. The highest BCUT2D eigenvalue weighted by Crippen LogP contribution is 2.34. The number of piperazine rings is 1. The molecule has 164 valence electrons. The summed E-state index contributed by atoms with van der Waals surface area (Å²) >= 11 is 0. The molecule has 2 fully saturated rings. The normalized spacial score (nSPS) is 20.6. The zero-order valence-corrected chi connectivity index (χ0v) is 18.5. The van der Waals surface area contributed by atoms with Gasteiger partial charge < -0.3 is 14.5 Å². The van der Waals surface area contributed by atoms with Gasteiger partial charge in [-0.2, -0.15) is 0 Å². The van der Waals surface area contributed by atoms with Crippen LogP contribution in [-0.2, 0) is 16.1 Å². The molecule has 2 aliphatic rings. The van der Waals surface area contributed by atoms with Crippen LogP contribution in [0.5, 0.6) is 5.75 Å². The smallest absolute Gasteiger partial charge is 0.250 e. The fourth-order valence-corrected chi connectivity index (χ4v) is 4.90. The lowest BCUT2D eigenvalue weighted by Gasteiger charge is -2.43. The van der Waals surface area contributed by atoms with Gasteiger partial charge in [-0.1, -0.05) is 73.7 Å². The molecule has 1 heterocycles. The summed E-state index contributed by atoms with van der Waals surface area (Å²) in [7, 11) is 1.63. The Kier molecular flexibility index (Phi) is 6.59. The van der Waals surface area contributed by atoms with E-state index in [1.54, 1.807) is 12.0 Å². The van der Waals surface area contributed by atoms with E-state index in [0.29, 0.717) is 6.54 Å². The maximum absolute atomic E-state index is 13.8. The molecule has 0 radical (unpaired) electrons. The minimum Gasteiger partial charge on any atom is -0.496 e. The Morgan fingerprint density at radius 3 is 2.29 bits per heavy atom. The molecule has 5 nitrogen and oxygen atoms in total. The highest BCUT2D eigenvalue weighted by Gasteiger charge is 2.42. The highest BCUT2D eigenvalue weighted by molar-refractivity contribution is 5.95. The molecular weight excluding hydrogens is 388 g/mol. The van der Waals surface area contributed by atoms with E-state index >= 15 is 0 Å². The van der Waals surface area contributed by atoms with E-state index in [9.17, 15) is 9.59 Å². The van der Waals surface area contributed by atoms with Crippen molar-refractivity contribution in [3.63, 3.8) is 0 Å². The number of aryl methyl sites for hydroxylation is 1. The number of hydrogen-bond acceptors (Lipinski definition) is 3. The Bertz CT molecular complexity index is 917. The summed E-state index contributed by atoms with van der Waals surface area (Å²) in [5.74, 6) is 0.780. The topological polar surface area (TPSA) is 49.9 Å². The fraction of sp³-hybridized carbons (Fsp3) is 0.462. The van der Waals surface area contributed by atoms with Crippen molar-refractivity contribution < 1.29 is 14.3 Å². The summed E-state index contributed by atoms with van der Waals surface area (Å²) in [4.78, 5) is 30.9. The Labute approximate surface area is 185 Å². The second-order valence-electron chi connectivity index (χ2n) is 8.76. The van der Waals surface area contributed by atoms with E-state index in [0.717, 1.165) is 48.1 Å². The van der Waals surface area contributed by atoms with Gasteiger partial charge in [0.1, 0.15) is 18.3 Å². The van der Waals surface area contributed by atoms with Crippen molar-refractivity contribution in [2.75, 3.05) is 13.7 Å². The van der Waals surface area contributed by atoms with Crippen LogP contribution in [0.2, 0.25) is 0 Å². The number of benzene rings is 2. The van der Waals surface area contributed by atoms with E-state index in [1.165, 1.54) is 12.8 Å². The number of ether oxygens (including phenoxy) is 1. The third kappa shape index (κ3) is 4.60. The molecule has 1 aliphatic carbocycles. The quantitative estimate of drug-likeness (QED) is 0.662. The third-order valence-electron chi connectivity index (χ3n) is 6.65. The van der Waals surface area contributed by atoms with E-state index in [1.807, 2.05) is 60.4 Å². The predicted molar refractivity (Wildman–Crippen MR) is 121 cm³/mol. The number of carbonyl (C=O) groups is 2. The SMILES string of the molecule is COc1ccccc1CN1C(=O)CN(C2CCCCCC2)C(=O)[C@H]1c1ccc(C)cc1. The van der Waals surface area contributed by atoms with Gasteiger partial charge >= 0.3 is 0 Å². The van der Waals surface area contributed by atoms with Crippen LogP contribution in [0, 0.1) is 6.92 Å². The Morgan fingerprint density at radius 2 is 1.61 bits per heavy atom. The first-order valence-electron chi connectivity index (χ1n) is 11.4. The van der Waals surface area contributed by atoms with Crippen molar-refractivity contribution in [1.82, 2.24) is 9.80 Å². The van der Waals surface area contributed by atoms with Crippen molar-refractivity contribution in [3.8, 4) is 5.75 Å². The summed E-state index contributed by atoms with van der Waals surface area (Å²) in [6, 6.07) is 15.3. The lowest BCUT2D eigenvalue weighted by Crippen LogP contribution is -2.57. The molecular formula is C26H32N2O3. The highest BCUT2D eigenvalue weighted by atomic mass is 16.5. The van der Waals surface area contributed by atoms with Crippen LogP contribution in [0.4, 0.5) is 0 Å². The molecule has 0 bridgehead atoms. The molecule has 2 aromatic carbocycles. The molecule has 0 N–H and O–H groups in total. The number of hydrogen-bond donors (Lipinski definition) is 0. The number of amides is 2. The molecule has 0 unspecified atom stereocenters. The van der Waals surface area contributed by atoms with Crippen LogP contribution in [0.3, 0.4) is 0 Å². The van der Waals surface area contributed by atoms with E-state index < -0.39 is 6.04 Å². The van der Waals surface area contributed by atoms with Crippen LogP contribution in [-0.4, -0.2) is 41.3 Å².